The summed E-state index contributed by atoms with van der Waals surface area (Å²) in [6.45, 7) is 7.20. The number of alkyl carbamates (subject to hydrolysis) is 1. The first-order chi connectivity index (χ1) is 17.7. The Kier molecular flexibility index (Phi) is 5.90. The van der Waals surface area contributed by atoms with Gasteiger partial charge in [-0.25, -0.2) is 18.2 Å². The first-order valence-electron chi connectivity index (χ1n) is 12.5. The van der Waals surface area contributed by atoms with Gasteiger partial charge in [0.15, 0.2) is 20.8 Å². The molecule has 3 aromatic rings. The van der Waals surface area contributed by atoms with Crippen molar-refractivity contribution in [3.05, 3.63) is 36.2 Å². The summed E-state index contributed by atoms with van der Waals surface area (Å²) < 4.78 is 32.0. The molecule has 12 heteroatoms. The molecule has 1 amide bonds. The highest BCUT2D eigenvalue weighted by molar-refractivity contribution is 7.92. The molecule has 0 spiro atoms. The van der Waals surface area contributed by atoms with Crippen LogP contribution in [0.25, 0.3) is 10.4 Å². The van der Waals surface area contributed by atoms with Crippen molar-refractivity contribution in [1.29, 1.82) is 0 Å². The maximum absolute atomic E-state index is 13.4. The molecule has 1 saturated heterocycles. The summed E-state index contributed by atoms with van der Waals surface area (Å²) in [6, 6.07) is 7.46. The van der Waals surface area contributed by atoms with Gasteiger partial charge in [-0.05, 0) is 45.7 Å². The zero-order chi connectivity index (χ0) is 25.9. The zero-order valence-corrected chi connectivity index (χ0v) is 22.5. The molecule has 2 aromatic heterocycles. The van der Waals surface area contributed by atoms with Gasteiger partial charge in [-0.2, -0.15) is 5.10 Å². The van der Waals surface area contributed by atoms with Crippen LogP contribution < -0.4 is 15.5 Å². The fraction of sp³-hybridized carbons (Fsp3) is 0.480. The molecule has 2 aliphatic carbocycles. The van der Waals surface area contributed by atoms with E-state index in [4.69, 9.17) is 4.74 Å². The second kappa shape index (κ2) is 9.02. The quantitative estimate of drug-likeness (QED) is 0.388. The molecule has 1 aliphatic heterocycles. The molecule has 0 bridgehead atoms. The minimum atomic E-state index is -3.45. The Hall–Kier alpha value is -3.12. The van der Waals surface area contributed by atoms with E-state index in [1.807, 2.05) is 39.0 Å². The first-order valence-corrected chi connectivity index (χ1v) is 14.9. The van der Waals surface area contributed by atoms with E-state index in [1.54, 1.807) is 12.3 Å². The molecule has 6 rings (SSSR count). The van der Waals surface area contributed by atoms with Crippen LogP contribution in [0, 0.1) is 18.8 Å². The SMILES string of the molecule is Cc1cc(Nc2ccc(-c3cnc(N4CC5C(C4)C5NC(=O)OC(C)C)s3)c(S(=O)(=O)C3CC3)c2)n[nH]1. The fourth-order valence-corrected chi connectivity index (χ4v) is 7.97. The number of nitrogens with zero attached hydrogens (tertiary/aromatic N) is 3. The number of H-pyrrole nitrogens is 1. The summed E-state index contributed by atoms with van der Waals surface area (Å²) in [5.74, 6) is 1.40. The summed E-state index contributed by atoms with van der Waals surface area (Å²) >= 11 is 1.51. The van der Waals surface area contributed by atoms with Crippen LogP contribution in [0.3, 0.4) is 0 Å². The Morgan fingerprint density at radius 3 is 2.62 bits per heavy atom. The van der Waals surface area contributed by atoms with Gasteiger partial charge in [0.2, 0.25) is 0 Å². The molecule has 2 saturated carbocycles. The summed E-state index contributed by atoms with van der Waals surface area (Å²) in [5.41, 5.74) is 2.27. The van der Waals surface area contributed by atoms with Gasteiger partial charge in [0.1, 0.15) is 0 Å². The van der Waals surface area contributed by atoms with Crippen molar-refractivity contribution in [2.24, 2.45) is 11.8 Å². The van der Waals surface area contributed by atoms with Crippen molar-refractivity contribution >= 4 is 43.9 Å². The zero-order valence-electron chi connectivity index (χ0n) is 20.9. The lowest BCUT2D eigenvalue weighted by molar-refractivity contribution is 0.114. The monoisotopic (exact) mass is 542 g/mol. The number of hydrogen-bond donors (Lipinski definition) is 3. The minimum absolute atomic E-state index is 0.142. The normalized spacial score (nSPS) is 22.7. The first kappa shape index (κ1) is 24.2. The van der Waals surface area contributed by atoms with Gasteiger partial charge < -0.3 is 20.3 Å². The number of hydrogen-bond acceptors (Lipinski definition) is 9. The third-order valence-corrected chi connectivity index (χ3v) is 10.5. The lowest BCUT2D eigenvalue weighted by Crippen LogP contribution is -2.35. The standard InChI is InChI=1S/C25H30N6O4S2/c1-13(2)35-25(32)28-23-18-11-31(12-19(18)23)24-26-10-20(36-24)17-7-4-15(27-22-8-14(3)29-30-22)9-21(17)37(33,34)16-5-6-16/h4,7-10,13,16,18-19,23H,5-6,11-12H2,1-3H3,(H,28,32)(H2,27,29,30). The molecule has 196 valence electrons. The van der Waals surface area contributed by atoms with Crippen LogP contribution in [-0.2, 0) is 14.6 Å². The van der Waals surface area contributed by atoms with Crippen molar-refractivity contribution < 1.29 is 17.9 Å². The van der Waals surface area contributed by atoms with Crippen molar-refractivity contribution in [2.75, 3.05) is 23.3 Å². The van der Waals surface area contributed by atoms with Gasteiger partial charge in [0.25, 0.3) is 0 Å². The predicted octanol–water partition coefficient (Wildman–Crippen LogP) is 4.09. The number of aryl methyl sites for hydroxylation is 1. The number of aromatic amines is 1. The number of amides is 1. The third kappa shape index (κ3) is 4.79. The van der Waals surface area contributed by atoms with Gasteiger partial charge in [-0.1, -0.05) is 17.4 Å². The number of anilines is 3. The Bertz CT molecular complexity index is 1430. The number of carbonyl (C=O) groups excluding carboxylic acids is 1. The van der Waals surface area contributed by atoms with E-state index in [1.165, 1.54) is 11.3 Å². The van der Waals surface area contributed by atoms with E-state index in [-0.39, 0.29) is 23.5 Å². The van der Waals surface area contributed by atoms with Crippen LogP contribution in [0.4, 0.5) is 21.4 Å². The minimum Gasteiger partial charge on any atom is -0.447 e. The maximum Gasteiger partial charge on any atom is 0.407 e. The number of ether oxygens (including phenoxy) is 1. The summed E-state index contributed by atoms with van der Waals surface area (Å²) in [6.07, 6.45) is 2.66. The average Bonchev–Trinajstić information content (AvgIpc) is 3.59. The van der Waals surface area contributed by atoms with E-state index in [2.05, 4.69) is 30.7 Å². The highest BCUT2D eigenvalue weighted by Gasteiger charge is 2.57. The topological polar surface area (TPSA) is 129 Å². The van der Waals surface area contributed by atoms with E-state index in [0.717, 1.165) is 28.8 Å². The Morgan fingerprint density at radius 1 is 1.22 bits per heavy atom. The molecule has 3 fully saturated rings. The van der Waals surface area contributed by atoms with E-state index < -0.39 is 9.84 Å². The number of benzene rings is 1. The number of thiazole rings is 1. The lowest BCUT2D eigenvalue weighted by atomic mass is 10.2. The summed E-state index contributed by atoms with van der Waals surface area (Å²) in [7, 11) is -3.45. The van der Waals surface area contributed by atoms with E-state index in [0.29, 0.717) is 46.6 Å². The largest absolute Gasteiger partial charge is 0.447 e. The number of nitrogens with one attached hydrogen (secondary N) is 3. The van der Waals surface area contributed by atoms with Gasteiger partial charge in [0.05, 0.1) is 21.1 Å². The fourth-order valence-electron chi connectivity index (χ4n) is 5.04. The highest BCUT2D eigenvalue weighted by atomic mass is 32.2. The molecule has 1 aromatic carbocycles. The molecule has 3 N–H and O–H groups in total. The van der Waals surface area contributed by atoms with Gasteiger partial charge in [0, 0.05) is 60.2 Å². The maximum atomic E-state index is 13.4. The molecular weight excluding hydrogens is 512 g/mol. The average molecular weight is 543 g/mol. The molecule has 3 heterocycles. The van der Waals surface area contributed by atoms with Crippen molar-refractivity contribution in [1.82, 2.24) is 20.5 Å². The van der Waals surface area contributed by atoms with Crippen LogP contribution in [0.15, 0.2) is 35.4 Å². The molecular formula is C25H30N6O4S2. The molecule has 37 heavy (non-hydrogen) atoms. The van der Waals surface area contributed by atoms with Crippen molar-refractivity contribution in [2.45, 2.75) is 55.9 Å². The second-order valence-corrected chi connectivity index (χ2v) is 13.6. The predicted molar refractivity (Wildman–Crippen MR) is 142 cm³/mol. The summed E-state index contributed by atoms with van der Waals surface area (Å²) in [4.78, 5) is 19.9. The van der Waals surface area contributed by atoms with Gasteiger partial charge in [-0.3, -0.25) is 5.10 Å². The van der Waals surface area contributed by atoms with Crippen LogP contribution in [0.5, 0.6) is 0 Å². The lowest BCUT2D eigenvalue weighted by Gasteiger charge is -2.19. The number of carbonyl (C=O) groups is 1. The molecule has 2 atom stereocenters. The smallest absolute Gasteiger partial charge is 0.407 e. The number of aromatic nitrogens is 3. The van der Waals surface area contributed by atoms with Gasteiger partial charge in [-0.15, -0.1) is 0 Å². The van der Waals surface area contributed by atoms with Crippen LogP contribution in [0.1, 0.15) is 32.4 Å². The Morgan fingerprint density at radius 2 is 1.97 bits per heavy atom. The van der Waals surface area contributed by atoms with Gasteiger partial charge >= 0.3 is 6.09 Å². The van der Waals surface area contributed by atoms with Crippen LogP contribution in [-0.4, -0.2) is 60.2 Å². The highest BCUT2D eigenvalue weighted by Crippen LogP contribution is 2.48. The van der Waals surface area contributed by atoms with E-state index >= 15 is 0 Å². The van der Waals surface area contributed by atoms with Crippen LogP contribution >= 0.6 is 11.3 Å². The molecule has 10 nitrogen and oxygen atoms in total. The van der Waals surface area contributed by atoms with Crippen molar-refractivity contribution in [3.8, 4) is 10.4 Å². The number of fused-ring (bicyclic) bond motifs is 1. The second-order valence-electron chi connectivity index (χ2n) is 10.4. The number of piperidine rings is 1. The van der Waals surface area contributed by atoms with Crippen molar-refractivity contribution in [3.63, 3.8) is 0 Å². The summed E-state index contributed by atoms with van der Waals surface area (Å²) in [5, 5.41) is 13.8. The molecule has 2 unspecified atom stereocenters. The number of rotatable bonds is 8. The molecule has 3 aliphatic rings. The Labute approximate surface area is 219 Å². The third-order valence-electron chi connectivity index (χ3n) is 7.08. The van der Waals surface area contributed by atoms with Crippen LogP contribution in [0.2, 0.25) is 0 Å². The molecule has 0 radical (unpaired) electrons. The van der Waals surface area contributed by atoms with E-state index in [9.17, 15) is 13.2 Å². The Balaban J connectivity index is 1.20. The number of sulfone groups is 1.